The fraction of sp³-hybridized carbons (Fsp3) is 0.333. The number of rotatable bonds is 8. The van der Waals surface area contributed by atoms with E-state index in [1.165, 1.54) is 22.4 Å². The van der Waals surface area contributed by atoms with Gasteiger partial charge in [-0.05, 0) is 61.3 Å². The van der Waals surface area contributed by atoms with Gasteiger partial charge in [0.15, 0.2) is 0 Å². The molecular formula is C27H29ClN2S2. The highest BCUT2D eigenvalue weighted by Gasteiger charge is 2.21. The van der Waals surface area contributed by atoms with Crippen molar-refractivity contribution in [2.75, 3.05) is 11.9 Å². The van der Waals surface area contributed by atoms with Crippen LogP contribution in [0.1, 0.15) is 53.8 Å². The van der Waals surface area contributed by atoms with Gasteiger partial charge >= 0.3 is 0 Å². The van der Waals surface area contributed by atoms with Crippen LogP contribution in [0.5, 0.6) is 0 Å². The van der Waals surface area contributed by atoms with E-state index in [9.17, 15) is 0 Å². The predicted molar refractivity (Wildman–Crippen MR) is 144 cm³/mol. The third kappa shape index (κ3) is 5.86. The quantitative estimate of drug-likeness (QED) is 0.263. The van der Waals surface area contributed by atoms with Crippen LogP contribution in [-0.2, 0) is 19.3 Å². The van der Waals surface area contributed by atoms with E-state index in [-0.39, 0.29) is 0 Å². The van der Waals surface area contributed by atoms with E-state index in [2.05, 4.69) is 49.5 Å². The molecule has 4 rings (SSSR count). The minimum atomic E-state index is 0.489. The first kappa shape index (κ1) is 23.2. The SMILES string of the molecule is CC(C)Cc1ccc(CCCCc2cc3c(s2)NC(=S)CN=C3c2ccccc2Cl)cc1. The summed E-state index contributed by atoms with van der Waals surface area (Å²) in [5.74, 6) is 0.703. The fourth-order valence-electron chi connectivity index (χ4n) is 4.06. The van der Waals surface area contributed by atoms with Crippen LogP contribution in [-0.4, -0.2) is 17.2 Å². The van der Waals surface area contributed by atoms with Crippen molar-refractivity contribution >= 4 is 50.9 Å². The van der Waals surface area contributed by atoms with E-state index < -0.39 is 0 Å². The molecule has 1 N–H and O–H groups in total. The van der Waals surface area contributed by atoms with Crippen LogP contribution in [0, 0.1) is 5.92 Å². The van der Waals surface area contributed by atoms with Crippen molar-refractivity contribution < 1.29 is 0 Å². The van der Waals surface area contributed by atoms with Gasteiger partial charge in [-0.25, -0.2) is 0 Å². The van der Waals surface area contributed by atoms with Crippen LogP contribution < -0.4 is 5.32 Å². The summed E-state index contributed by atoms with van der Waals surface area (Å²) in [5.41, 5.74) is 5.87. The summed E-state index contributed by atoms with van der Waals surface area (Å²) in [6.45, 7) is 5.03. The average molecular weight is 481 g/mol. The number of halogens is 1. The molecule has 1 aromatic heterocycles. The van der Waals surface area contributed by atoms with Gasteiger partial charge in [0, 0.05) is 21.0 Å². The molecule has 2 aromatic carbocycles. The largest absolute Gasteiger partial charge is 0.340 e. The number of hydrogen-bond donors (Lipinski definition) is 1. The molecule has 166 valence electrons. The third-order valence-corrected chi connectivity index (χ3v) is 7.28. The first-order valence-corrected chi connectivity index (χ1v) is 12.9. The Kier molecular flexibility index (Phi) is 7.77. The van der Waals surface area contributed by atoms with Gasteiger partial charge in [0.2, 0.25) is 0 Å². The van der Waals surface area contributed by atoms with Crippen LogP contribution >= 0.6 is 35.2 Å². The molecule has 2 heterocycles. The van der Waals surface area contributed by atoms with Crippen molar-refractivity contribution in [3.8, 4) is 0 Å². The van der Waals surface area contributed by atoms with Crippen molar-refractivity contribution in [2.24, 2.45) is 10.9 Å². The molecule has 32 heavy (non-hydrogen) atoms. The van der Waals surface area contributed by atoms with Gasteiger partial charge in [-0.1, -0.05) is 80.1 Å². The Morgan fingerprint density at radius 1 is 1.00 bits per heavy atom. The lowest BCUT2D eigenvalue weighted by Gasteiger charge is -2.07. The zero-order valence-electron chi connectivity index (χ0n) is 18.7. The molecule has 0 atom stereocenters. The Labute approximate surface area is 205 Å². The van der Waals surface area contributed by atoms with Gasteiger partial charge in [0.25, 0.3) is 0 Å². The molecule has 0 unspecified atom stereocenters. The number of thiophene rings is 1. The van der Waals surface area contributed by atoms with Crippen molar-refractivity contribution in [1.82, 2.24) is 0 Å². The smallest absolute Gasteiger partial charge is 0.103 e. The van der Waals surface area contributed by atoms with Crippen LogP contribution in [0.25, 0.3) is 0 Å². The number of thiocarbonyl (C=S) groups is 1. The maximum atomic E-state index is 6.48. The van der Waals surface area contributed by atoms with Crippen LogP contribution in [0.15, 0.2) is 59.6 Å². The van der Waals surface area contributed by atoms with Gasteiger partial charge < -0.3 is 5.32 Å². The molecule has 3 aromatic rings. The number of benzene rings is 2. The lowest BCUT2D eigenvalue weighted by atomic mass is 9.99. The molecule has 2 nitrogen and oxygen atoms in total. The fourth-order valence-corrected chi connectivity index (χ4v) is 5.64. The summed E-state index contributed by atoms with van der Waals surface area (Å²) >= 11 is 13.7. The number of nitrogens with zero attached hydrogens (tertiary/aromatic N) is 1. The molecule has 0 saturated carbocycles. The van der Waals surface area contributed by atoms with Gasteiger partial charge in [-0.15, -0.1) is 11.3 Å². The topological polar surface area (TPSA) is 24.4 Å². The first-order chi connectivity index (χ1) is 15.5. The zero-order chi connectivity index (χ0) is 22.5. The van der Waals surface area contributed by atoms with Crippen molar-refractivity contribution in [2.45, 2.75) is 46.0 Å². The summed E-state index contributed by atoms with van der Waals surface area (Å²) in [6.07, 6.45) is 5.69. The summed E-state index contributed by atoms with van der Waals surface area (Å²) in [6, 6.07) is 19.3. The first-order valence-electron chi connectivity index (χ1n) is 11.3. The molecule has 1 aliphatic rings. The van der Waals surface area contributed by atoms with Gasteiger partial charge in [0.05, 0.1) is 12.3 Å². The molecule has 0 saturated heterocycles. The second-order valence-corrected chi connectivity index (χ2v) is 10.8. The molecule has 0 radical (unpaired) electrons. The number of hydrogen-bond acceptors (Lipinski definition) is 3. The molecular weight excluding hydrogens is 452 g/mol. The highest BCUT2D eigenvalue weighted by atomic mass is 35.5. The molecule has 0 fully saturated rings. The van der Waals surface area contributed by atoms with Crippen molar-refractivity contribution in [3.05, 3.63) is 86.8 Å². The third-order valence-electron chi connectivity index (χ3n) is 5.61. The second kappa shape index (κ2) is 10.7. The highest BCUT2D eigenvalue weighted by Crippen LogP contribution is 2.34. The summed E-state index contributed by atoms with van der Waals surface area (Å²) in [5, 5.41) is 5.19. The Hall–Kier alpha value is -2.01. The summed E-state index contributed by atoms with van der Waals surface area (Å²) in [7, 11) is 0. The number of aliphatic imine (C=N–C) groups is 1. The molecule has 0 bridgehead atoms. The minimum Gasteiger partial charge on any atom is -0.340 e. The number of fused-ring (bicyclic) bond motifs is 1. The number of unbranched alkanes of at least 4 members (excludes halogenated alkanes) is 1. The Bertz CT molecular complexity index is 1110. The second-order valence-electron chi connectivity index (χ2n) is 8.77. The van der Waals surface area contributed by atoms with Crippen LogP contribution in [0.3, 0.4) is 0 Å². The lowest BCUT2D eigenvalue weighted by Crippen LogP contribution is -2.09. The summed E-state index contributed by atoms with van der Waals surface area (Å²) in [4.78, 5) is 6.90. The van der Waals surface area contributed by atoms with Crippen molar-refractivity contribution in [1.29, 1.82) is 0 Å². The average Bonchev–Trinajstić information content (AvgIpc) is 3.08. The van der Waals surface area contributed by atoms with E-state index in [0.717, 1.165) is 57.5 Å². The maximum absolute atomic E-state index is 6.48. The van der Waals surface area contributed by atoms with Gasteiger partial charge in [-0.3, -0.25) is 4.99 Å². The Morgan fingerprint density at radius 2 is 1.72 bits per heavy atom. The van der Waals surface area contributed by atoms with Gasteiger partial charge in [0.1, 0.15) is 9.99 Å². The molecule has 5 heteroatoms. The van der Waals surface area contributed by atoms with Gasteiger partial charge in [-0.2, -0.15) is 0 Å². The van der Waals surface area contributed by atoms with E-state index in [4.69, 9.17) is 28.8 Å². The lowest BCUT2D eigenvalue weighted by molar-refractivity contribution is 0.647. The minimum absolute atomic E-state index is 0.489. The number of nitrogens with one attached hydrogen (secondary N) is 1. The van der Waals surface area contributed by atoms with E-state index in [1.807, 2.05) is 24.3 Å². The van der Waals surface area contributed by atoms with Crippen LogP contribution in [0.2, 0.25) is 5.02 Å². The number of anilines is 1. The standard InChI is InChI=1S/C27H29ClN2S2/c1-18(2)15-20-13-11-19(12-14-20)7-3-4-8-21-16-23-26(22-9-5-6-10-24(22)28)29-17-25(31)30-27(23)32-21/h5-6,9-14,16,18H,3-4,7-8,15,17H2,1-2H3,(H,30,31). The van der Waals surface area contributed by atoms with Crippen molar-refractivity contribution in [3.63, 3.8) is 0 Å². The zero-order valence-corrected chi connectivity index (χ0v) is 21.0. The molecule has 0 amide bonds. The number of aryl methyl sites for hydroxylation is 2. The Morgan fingerprint density at radius 3 is 2.47 bits per heavy atom. The molecule has 1 aliphatic heterocycles. The van der Waals surface area contributed by atoms with E-state index in [1.54, 1.807) is 11.3 Å². The normalized spacial score (nSPS) is 13.5. The Balaban J connectivity index is 1.40. The summed E-state index contributed by atoms with van der Waals surface area (Å²) < 4.78 is 0. The van der Waals surface area contributed by atoms with Crippen LogP contribution in [0.4, 0.5) is 5.00 Å². The predicted octanol–water partition coefficient (Wildman–Crippen LogP) is 7.76. The molecule has 0 spiro atoms. The van der Waals surface area contributed by atoms with E-state index in [0.29, 0.717) is 12.5 Å². The highest BCUT2D eigenvalue weighted by molar-refractivity contribution is 7.80. The monoisotopic (exact) mass is 480 g/mol. The maximum Gasteiger partial charge on any atom is 0.103 e. The molecule has 0 aliphatic carbocycles. The van der Waals surface area contributed by atoms with E-state index >= 15 is 0 Å².